The molecule has 0 bridgehead atoms. The molecule has 0 saturated carbocycles. The second-order valence-corrected chi connectivity index (χ2v) is 7.04. The molecule has 1 atom stereocenters. The molecule has 4 nitrogen and oxygen atoms in total. The van der Waals surface area contributed by atoms with Crippen LogP contribution in [0.25, 0.3) is 0 Å². The molecular formula is C17H30N4. The molecule has 0 radical (unpaired) electrons. The van der Waals surface area contributed by atoms with Crippen molar-refractivity contribution in [3.05, 3.63) is 11.9 Å². The lowest BCUT2D eigenvalue weighted by Gasteiger charge is -2.31. The van der Waals surface area contributed by atoms with Crippen LogP contribution in [0.3, 0.4) is 0 Å². The first kappa shape index (κ1) is 16.1. The first-order valence-electron chi connectivity index (χ1n) is 8.29. The standard InChI is InChI=1S/C17H30N4/c1-6-13-10-8-7-9-11-21(13)15-12-14(18-5)19-16(20-15)17(2,3)4/h12-13H,6-11H2,1-5H3,(H,18,19,20). The van der Waals surface area contributed by atoms with E-state index in [0.717, 1.165) is 24.0 Å². The third-order valence-electron chi connectivity index (χ3n) is 4.28. The van der Waals surface area contributed by atoms with Crippen LogP contribution in [0.1, 0.15) is 65.6 Å². The molecule has 1 aliphatic rings. The van der Waals surface area contributed by atoms with Gasteiger partial charge in [-0.2, -0.15) is 0 Å². The smallest absolute Gasteiger partial charge is 0.138 e. The molecule has 0 amide bonds. The van der Waals surface area contributed by atoms with Gasteiger partial charge in [0.05, 0.1) is 0 Å². The average Bonchev–Trinajstić information content (AvgIpc) is 2.70. The van der Waals surface area contributed by atoms with Crippen molar-refractivity contribution < 1.29 is 0 Å². The van der Waals surface area contributed by atoms with Gasteiger partial charge in [0.25, 0.3) is 0 Å². The van der Waals surface area contributed by atoms with Crippen LogP contribution < -0.4 is 10.2 Å². The molecule has 1 aromatic rings. The van der Waals surface area contributed by atoms with E-state index in [1.165, 1.54) is 32.1 Å². The molecule has 21 heavy (non-hydrogen) atoms. The van der Waals surface area contributed by atoms with E-state index in [9.17, 15) is 0 Å². The Morgan fingerprint density at radius 3 is 2.62 bits per heavy atom. The molecular weight excluding hydrogens is 260 g/mol. The van der Waals surface area contributed by atoms with Crippen molar-refractivity contribution in [2.75, 3.05) is 23.8 Å². The van der Waals surface area contributed by atoms with Crippen molar-refractivity contribution in [3.63, 3.8) is 0 Å². The zero-order valence-electron chi connectivity index (χ0n) is 14.2. The number of nitrogens with one attached hydrogen (secondary N) is 1. The molecule has 0 aromatic carbocycles. The average molecular weight is 290 g/mol. The van der Waals surface area contributed by atoms with Gasteiger partial charge in [0, 0.05) is 31.1 Å². The molecule has 0 aliphatic carbocycles. The lowest BCUT2D eigenvalue weighted by Crippen LogP contribution is -2.35. The third kappa shape index (κ3) is 3.86. The van der Waals surface area contributed by atoms with Crippen molar-refractivity contribution in [3.8, 4) is 0 Å². The van der Waals surface area contributed by atoms with Crippen LogP contribution in [-0.4, -0.2) is 29.6 Å². The number of rotatable bonds is 3. The molecule has 1 N–H and O–H groups in total. The molecule has 1 saturated heterocycles. The summed E-state index contributed by atoms with van der Waals surface area (Å²) in [4.78, 5) is 12.0. The highest BCUT2D eigenvalue weighted by Gasteiger charge is 2.24. The Kier molecular flexibility index (Phi) is 5.07. The zero-order valence-corrected chi connectivity index (χ0v) is 14.2. The quantitative estimate of drug-likeness (QED) is 0.914. The molecule has 2 heterocycles. The largest absolute Gasteiger partial charge is 0.373 e. The van der Waals surface area contributed by atoms with Crippen LogP contribution in [0.4, 0.5) is 11.6 Å². The minimum absolute atomic E-state index is 0.0326. The third-order valence-corrected chi connectivity index (χ3v) is 4.28. The molecule has 1 aromatic heterocycles. The molecule has 2 rings (SSSR count). The van der Waals surface area contributed by atoms with Crippen LogP contribution >= 0.6 is 0 Å². The second kappa shape index (κ2) is 6.63. The maximum Gasteiger partial charge on any atom is 0.138 e. The van der Waals surface area contributed by atoms with Gasteiger partial charge in [0.2, 0.25) is 0 Å². The van der Waals surface area contributed by atoms with Crippen LogP contribution in [-0.2, 0) is 5.41 Å². The number of anilines is 2. The van der Waals surface area contributed by atoms with E-state index >= 15 is 0 Å². The van der Waals surface area contributed by atoms with Crippen molar-refractivity contribution >= 4 is 11.6 Å². The molecule has 1 aliphatic heterocycles. The summed E-state index contributed by atoms with van der Waals surface area (Å²) >= 11 is 0. The summed E-state index contributed by atoms with van der Waals surface area (Å²) in [6, 6.07) is 2.71. The van der Waals surface area contributed by atoms with Gasteiger partial charge in [-0.3, -0.25) is 0 Å². The Balaban J connectivity index is 2.40. The van der Waals surface area contributed by atoms with Crippen LogP contribution in [0, 0.1) is 0 Å². The highest BCUT2D eigenvalue weighted by molar-refractivity contribution is 5.50. The van der Waals surface area contributed by atoms with Gasteiger partial charge in [0.15, 0.2) is 0 Å². The van der Waals surface area contributed by atoms with E-state index in [-0.39, 0.29) is 5.41 Å². The van der Waals surface area contributed by atoms with E-state index in [1.807, 2.05) is 7.05 Å². The maximum atomic E-state index is 4.89. The monoisotopic (exact) mass is 290 g/mol. The summed E-state index contributed by atoms with van der Waals surface area (Å²) < 4.78 is 0. The SMILES string of the molecule is CCC1CCCCCN1c1cc(NC)nc(C(C)(C)C)n1. The lowest BCUT2D eigenvalue weighted by atomic mass is 9.95. The Bertz CT molecular complexity index is 464. The van der Waals surface area contributed by atoms with E-state index < -0.39 is 0 Å². The van der Waals surface area contributed by atoms with E-state index in [4.69, 9.17) is 4.98 Å². The fourth-order valence-corrected chi connectivity index (χ4v) is 2.95. The van der Waals surface area contributed by atoms with Crippen LogP contribution in [0.2, 0.25) is 0 Å². The second-order valence-electron chi connectivity index (χ2n) is 7.04. The summed E-state index contributed by atoms with van der Waals surface area (Å²) in [7, 11) is 1.93. The number of nitrogens with zero attached hydrogens (tertiary/aromatic N) is 3. The Hall–Kier alpha value is -1.32. The highest BCUT2D eigenvalue weighted by atomic mass is 15.2. The maximum absolute atomic E-state index is 4.89. The summed E-state index contributed by atoms with van der Waals surface area (Å²) in [5, 5.41) is 3.19. The normalized spacial score (nSPS) is 20.2. The van der Waals surface area contributed by atoms with E-state index in [2.05, 4.69) is 49.0 Å². The zero-order chi connectivity index (χ0) is 15.5. The highest BCUT2D eigenvalue weighted by Crippen LogP contribution is 2.28. The number of aromatic nitrogens is 2. The molecule has 1 fully saturated rings. The van der Waals surface area contributed by atoms with Gasteiger partial charge >= 0.3 is 0 Å². The Morgan fingerprint density at radius 2 is 2.00 bits per heavy atom. The van der Waals surface area contributed by atoms with Crippen molar-refractivity contribution in [2.24, 2.45) is 0 Å². The van der Waals surface area contributed by atoms with Gasteiger partial charge in [-0.15, -0.1) is 0 Å². The fraction of sp³-hybridized carbons (Fsp3) is 0.765. The van der Waals surface area contributed by atoms with Crippen molar-refractivity contribution in [2.45, 2.75) is 71.3 Å². The molecule has 1 unspecified atom stereocenters. The van der Waals surface area contributed by atoms with E-state index in [0.29, 0.717) is 6.04 Å². The number of hydrogen-bond acceptors (Lipinski definition) is 4. The summed E-state index contributed by atoms with van der Waals surface area (Å²) in [6.07, 6.45) is 6.40. The number of hydrogen-bond donors (Lipinski definition) is 1. The van der Waals surface area contributed by atoms with Gasteiger partial charge in [0.1, 0.15) is 17.5 Å². The molecule has 0 spiro atoms. The summed E-state index contributed by atoms with van der Waals surface area (Å²) in [5.74, 6) is 2.93. The van der Waals surface area contributed by atoms with Gasteiger partial charge in [-0.25, -0.2) is 9.97 Å². The first-order chi connectivity index (χ1) is 9.95. The lowest BCUT2D eigenvalue weighted by molar-refractivity contribution is 0.530. The minimum Gasteiger partial charge on any atom is -0.373 e. The fourth-order valence-electron chi connectivity index (χ4n) is 2.95. The van der Waals surface area contributed by atoms with Crippen molar-refractivity contribution in [1.29, 1.82) is 0 Å². The van der Waals surface area contributed by atoms with Gasteiger partial charge in [-0.1, -0.05) is 40.5 Å². The van der Waals surface area contributed by atoms with Crippen molar-refractivity contribution in [1.82, 2.24) is 9.97 Å². The van der Waals surface area contributed by atoms with E-state index in [1.54, 1.807) is 0 Å². The molecule has 118 valence electrons. The van der Waals surface area contributed by atoms with Crippen LogP contribution in [0.5, 0.6) is 0 Å². The van der Waals surface area contributed by atoms with Gasteiger partial charge in [-0.05, 0) is 19.3 Å². The predicted molar refractivity (Wildman–Crippen MR) is 90.2 cm³/mol. The first-order valence-corrected chi connectivity index (χ1v) is 8.29. The predicted octanol–water partition coefficient (Wildman–Crippen LogP) is 3.97. The Morgan fingerprint density at radius 1 is 1.24 bits per heavy atom. The Labute approximate surface area is 129 Å². The topological polar surface area (TPSA) is 41.0 Å². The van der Waals surface area contributed by atoms with Gasteiger partial charge < -0.3 is 10.2 Å². The van der Waals surface area contributed by atoms with Crippen LogP contribution in [0.15, 0.2) is 6.07 Å². The molecule has 4 heteroatoms. The summed E-state index contributed by atoms with van der Waals surface area (Å²) in [5.41, 5.74) is -0.0326. The summed E-state index contributed by atoms with van der Waals surface area (Å²) in [6.45, 7) is 9.91. The minimum atomic E-state index is -0.0326.